The summed E-state index contributed by atoms with van der Waals surface area (Å²) in [7, 11) is 0. The molecule has 0 radical (unpaired) electrons. The molecule has 154 valence electrons. The van der Waals surface area contributed by atoms with E-state index in [4.69, 9.17) is 18.6 Å². The first-order chi connectivity index (χ1) is 15.4. The third kappa shape index (κ3) is 4.49. The van der Waals surface area contributed by atoms with E-state index in [1.165, 1.54) is 0 Å². The lowest BCUT2D eigenvalue weighted by Gasteiger charge is -2.11. The summed E-state index contributed by atoms with van der Waals surface area (Å²) in [5, 5.41) is 0.665. The summed E-state index contributed by atoms with van der Waals surface area (Å²) in [6.45, 7) is 0.503. The Morgan fingerprint density at radius 1 is 0.871 bits per heavy atom. The standard InChI is InChI=1S/C25H20N2O3S/c1-2-8-18(9-3-1)17-30-20-11-5-4-10-19(20)16-26-25-27-23(21-12-6-14-28-21)24(31-25)22-13-7-15-29-22/h1-16,23-24H,17H2/t23-,24+/m1/s1. The molecule has 3 heterocycles. The Bertz CT molecular complexity index is 1170. The maximum Gasteiger partial charge on any atom is 0.184 e. The average Bonchev–Trinajstić information content (AvgIpc) is 3.58. The molecule has 5 rings (SSSR count). The highest BCUT2D eigenvalue weighted by atomic mass is 32.2. The highest BCUT2D eigenvalue weighted by molar-refractivity contribution is 8.14. The van der Waals surface area contributed by atoms with E-state index in [1.54, 1.807) is 30.5 Å². The van der Waals surface area contributed by atoms with Crippen molar-refractivity contribution >= 4 is 23.1 Å². The second-order valence-corrected chi connectivity index (χ2v) is 8.10. The highest BCUT2D eigenvalue weighted by Crippen LogP contribution is 2.49. The molecule has 0 unspecified atom stereocenters. The van der Waals surface area contributed by atoms with E-state index in [2.05, 4.69) is 4.99 Å². The van der Waals surface area contributed by atoms with Gasteiger partial charge in [-0.1, -0.05) is 54.2 Å². The molecule has 2 aromatic carbocycles. The number of furan rings is 2. The zero-order valence-electron chi connectivity index (χ0n) is 16.6. The molecule has 0 saturated carbocycles. The van der Waals surface area contributed by atoms with Crippen molar-refractivity contribution < 1.29 is 13.6 Å². The van der Waals surface area contributed by atoms with Crippen LogP contribution < -0.4 is 4.74 Å². The number of nitrogens with zero attached hydrogens (tertiary/aromatic N) is 2. The van der Waals surface area contributed by atoms with Crippen LogP contribution in [0.4, 0.5) is 0 Å². The number of hydrogen-bond donors (Lipinski definition) is 0. The Kier molecular flexibility index (Phi) is 5.71. The van der Waals surface area contributed by atoms with Gasteiger partial charge in [-0.2, -0.15) is 0 Å². The maximum absolute atomic E-state index is 6.03. The highest BCUT2D eigenvalue weighted by Gasteiger charge is 2.36. The largest absolute Gasteiger partial charge is 0.488 e. The van der Waals surface area contributed by atoms with Crippen LogP contribution in [0.3, 0.4) is 0 Å². The van der Waals surface area contributed by atoms with Crippen LogP contribution in [0.5, 0.6) is 5.75 Å². The van der Waals surface area contributed by atoms with Gasteiger partial charge in [0.15, 0.2) is 5.17 Å². The monoisotopic (exact) mass is 428 g/mol. The van der Waals surface area contributed by atoms with Crippen LogP contribution >= 0.6 is 11.8 Å². The number of hydrogen-bond acceptors (Lipinski definition) is 6. The van der Waals surface area contributed by atoms with Gasteiger partial charge in [0.25, 0.3) is 0 Å². The molecule has 0 bridgehead atoms. The van der Waals surface area contributed by atoms with E-state index in [1.807, 2.05) is 78.9 Å². The molecule has 5 nitrogen and oxygen atoms in total. The van der Waals surface area contributed by atoms with Crippen LogP contribution in [0.15, 0.2) is 110 Å². The quantitative estimate of drug-likeness (QED) is 0.331. The summed E-state index contributed by atoms with van der Waals surface area (Å²) < 4.78 is 17.3. The predicted octanol–water partition coefficient (Wildman–Crippen LogP) is 6.46. The molecule has 1 aliphatic rings. The Labute approximate surface area is 184 Å². The molecule has 2 atom stereocenters. The Balaban J connectivity index is 1.35. The molecule has 0 amide bonds. The molecule has 2 aromatic heterocycles. The lowest BCUT2D eigenvalue weighted by molar-refractivity contribution is 0.306. The van der Waals surface area contributed by atoms with Crippen LogP contribution in [0.1, 0.15) is 33.9 Å². The summed E-state index contributed by atoms with van der Waals surface area (Å²) in [5.74, 6) is 2.43. The van der Waals surface area contributed by atoms with Gasteiger partial charge in [-0.25, -0.2) is 9.98 Å². The van der Waals surface area contributed by atoms with Crippen LogP contribution in [-0.2, 0) is 6.61 Å². The molecule has 6 heteroatoms. The van der Waals surface area contributed by atoms with Crippen molar-refractivity contribution in [3.05, 3.63) is 114 Å². The Hall–Kier alpha value is -3.51. The second-order valence-electron chi connectivity index (χ2n) is 7.00. The molecular formula is C25H20N2O3S. The zero-order chi connectivity index (χ0) is 20.9. The minimum atomic E-state index is -0.178. The first kappa shape index (κ1) is 19.5. The summed E-state index contributed by atoms with van der Waals surface area (Å²) in [6, 6.07) is 25.4. The third-order valence-corrected chi connectivity index (χ3v) is 6.06. The molecule has 0 N–H and O–H groups in total. The number of aliphatic imine (C=N–C) groups is 2. The van der Waals surface area contributed by atoms with Gasteiger partial charge in [0.1, 0.15) is 35.2 Å². The van der Waals surface area contributed by atoms with Crippen molar-refractivity contribution in [2.75, 3.05) is 0 Å². The Morgan fingerprint density at radius 2 is 1.61 bits per heavy atom. The van der Waals surface area contributed by atoms with E-state index < -0.39 is 0 Å². The van der Waals surface area contributed by atoms with Gasteiger partial charge in [-0.15, -0.1) is 0 Å². The summed E-state index contributed by atoms with van der Waals surface area (Å²) in [6.07, 6.45) is 5.14. The van der Waals surface area contributed by atoms with Crippen molar-refractivity contribution in [2.45, 2.75) is 17.9 Å². The minimum absolute atomic E-state index is 0.0159. The van der Waals surface area contributed by atoms with Gasteiger partial charge in [-0.05, 0) is 42.0 Å². The number of para-hydroxylation sites is 1. The molecule has 0 aliphatic carbocycles. The predicted molar refractivity (Wildman–Crippen MR) is 123 cm³/mol. The molecule has 4 aromatic rings. The van der Waals surface area contributed by atoms with Crippen molar-refractivity contribution in [1.29, 1.82) is 0 Å². The van der Waals surface area contributed by atoms with Gasteiger partial charge < -0.3 is 13.6 Å². The van der Waals surface area contributed by atoms with E-state index in [0.717, 1.165) is 28.4 Å². The van der Waals surface area contributed by atoms with Gasteiger partial charge in [0, 0.05) is 11.8 Å². The number of rotatable bonds is 6. The van der Waals surface area contributed by atoms with Crippen molar-refractivity contribution in [1.82, 2.24) is 0 Å². The topological polar surface area (TPSA) is 60.2 Å². The minimum Gasteiger partial charge on any atom is -0.488 e. The lowest BCUT2D eigenvalue weighted by Crippen LogP contribution is -2.00. The summed E-state index contributed by atoms with van der Waals surface area (Å²) >= 11 is 1.57. The third-order valence-electron chi connectivity index (χ3n) is 4.90. The van der Waals surface area contributed by atoms with Crippen LogP contribution in [0.2, 0.25) is 0 Å². The smallest absolute Gasteiger partial charge is 0.184 e. The lowest BCUT2D eigenvalue weighted by atomic mass is 10.1. The molecular weight excluding hydrogens is 408 g/mol. The van der Waals surface area contributed by atoms with Crippen LogP contribution in [-0.4, -0.2) is 11.4 Å². The normalized spacial score (nSPS) is 18.4. The summed E-state index contributed by atoms with van der Waals surface area (Å²) in [5.41, 5.74) is 2.02. The van der Waals surface area contributed by atoms with Gasteiger partial charge in [0.05, 0.1) is 12.5 Å². The molecule has 31 heavy (non-hydrogen) atoms. The first-order valence-corrected chi connectivity index (χ1v) is 10.9. The van der Waals surface area contributed by atoms with Crippen molar-refractivity contribution in [2.24, 2.45) is 9.98 Å². The van der Waals surface area contributed by atoms with Crippen molar-refractivity contribution in [3.63, 3.8) is 0 Å². The average molecular weight is 429 g/mol. The van der Waals surface area contributed by atoms with Crippen molar-refractivity contribution in [3.8, 4) is 5.75 Å². The molecule has 0 spiro atoms. The SMILES string of the molecule is C(=NC1=N[C@H](c2ccco2)[C@H](c2ccco2)S1)c1ccccc1OCc1ccccc1. The van der Waals surface area contributed by atoms with E-state index in [9.17, 15) is 0 Å². The number of amidine groups is 1. The fourth-order valence-corrected chi connectivity index (χ4v) is 4.47. The van der Waals surface area contributed by atoms with E-state index in [-0.39, 0.29) is 11.3 Å². The fourth-order valence-electron chi connectivity index (χ4n) is 3.38. The van der Waals surface area contributed by atoms with E-state index >= 15 is 0 Å². The fraction of sp³-hybridized carbons (Fsp3) is 0.120. The zero-order valence-corrected chi connectivity index (χ0v) is 17.4. The number of ether oxygens (including phenoxy) is 1. The first-order valence-electron chi connectivity index (χ1n) is 9.98. The second kappa shape index (κ2) is 9.10. The van der Waals surface area contributed by atoms with E-state index in [0.29, 0.717) is 11.8 Å². The number of benzene rings is 2. The molecule has 0 fully saturated rings. The maximum atomic E-state index is 6.03. The van der Waals surface area contributed by atoms with Gasteiger partial charge >= 0.3 is 0 Å². The van der Waals surface area contributed by atoms with Crippen LogP contribution in [0, 0.1) is 0 Å². The molecule has 1 aliphatic heterocycles. The number of thioether (sulfide) groups is 1. The summed E-state index contributed by atoms with van der Waals surface area (Å²) in [4.78, 5) is 9.45. The van der Waals surface area contributed by atoms with Crippen LogP contribution in [0.25, 0.3) is 0 Å². The molecule has 0 saturated heterocycles. The Morgan fingerprint density at radius 3 is 2.39 bits per heavy atom. The van der Waals surface area contributed by atoms with Gasteiger partial charge in [0.2, 0.25) is 0 Å². The van der Waals surface area contributed by atoms with Gasteiger partial charge in [-0.3, -0.25) is 0 Å².